The normalized spacial score (nSPS) is 23.0. The Balaban J connectivity index is 2.16. The molecule has 1 saturated carbocycles. The lowest BCUT2D eigenvalue weighted by molar-refractivity contribution is -0.157. The number of carbonyl (C=O) groups is 4. The molecule has 12 heteroatoms. The molecule has 192 valence electrons. The van der Waals surface area contributed by atoms with E-state index in [1.54, 1.807) is 4.90 Å². The van der Waals surface area contributed by atoms with Gasteiger partial charge in [0.15, 0.2) is 5.96 Å². The summed E-state index contributed by atoms with van der Waals surface area (Å²) >= 11 is 0. The summed E-state index contributed by atoms with van der Waals surface area (Å²) in [6.45, 7) is 2.09. The fourth-order valence-corrected chi connectivity index (χ4v) is 5.00. The van der Waals surface area contributed by atoms with E-state index in [2.05, 4.69) is 15.6 Å². The molecule has 0 aromatic rings. The van der Waals surface area contributed by atoms with Crippen molar-refractivity contribution < 1.29 is 24.3 Å². The number of hydrogen-bond donors (Lipinski definition) is 6. The highest BCUT2D eigenvalue weighted by atomic mass is 16.4. The molecule has 3 rings (SSSR count). The summed E-state index contributed by atoms with van der Waals surface area (Å²) in [6.07, 6.45) is 5.52. The summed E-state index contributed by atoms with van der Waals surface area (Å²) in [5.74, 6) is -2.37. The average molecular weight is 482 g/mol. The standard InChI is InChI=1S/C22H39N7O5/c1-13(30)27-16(5-2-3-11-23)20(32)29-15-9-7-14(8-10-15)18(29)19(31)28-17(21(33)34)6-4-12-26-22(24)25/h14-18H,2-12,23H2,1H3,(H,27,30)(H,28,31)(H,33,34)(H4,24,25,26)/t14?,15?,16-,17-,18-/m0/s1. The third-order valence-corrected chi connectivity index (χ3v) is 6.59. The maximum Gasteiger partial charge on any atom is 0.326 e. The molecule has 2 aliphatic heterocycles. The van der Waals surface area contributed by atoms with Crippen molar-refractivity contribution in [1.82, 2.24) is 15.5 Å². The molecule has 3 amide bonds. The van der Waals surface area contributed by atoms with E-state index in [0.717, 1.165) is 32.1 Å². The van der Waals surface area contributed by atoms with Crippen molar-refractivity contribution in [2.75, 3.05) is 13.1 Å². The van der Waals surface area contributed by atoms with E-state index in [-0.39, 0.29) is 42.7 Å². The Bertz CT molecular complexity index is 763. The van der Waals surface area contributed by atoms with Crippen LogP contribution >= 0.6 is 0 Å². The summed E-state index contributed by atoms with van der Waals surface area (Å²) in [5.41, 5.74) is 16.2. The molecule has 9 N–H and O–H groups in total. The minimum atomic E-state index is -1.16. The van der Waals surface area contributed by atoms with Gasteiger partial charge in [0.1, 0.15) is 18.1 Å². The fourth-order valence-electron chi connectivity index (χ4n) is 5.00. The summed E-state index contributed by atoms with van der Waals surface area (Å²) in [6, 6.07) is -2.72. The lowest BCUT2D eigenvalue weighted by Gasteiger charge is -2.51. The van der Waals surface area contributed by atoms with E-state index in [1.807, 2.05) is 0 Å². The molecular formula is C22H39N7O5. The summed E-state index contributed by atoms with van der Waals surface area (Å²) < 4.78 is 0. The molecule has 0 spiro atoms. The Morgan fingerprint density at radius 1 is 1.00 bits per heavy atom. The van der Waals surface area contributed by atoms with Crippen LogP contribution in [0.4, 0.5) is 0 Å². The van der Waals surface area contributed by atoms with E-state index in [1.165, 1.54) is 6.92 Å². The number of carboxylic acids is 1. The number of rotatable bonds is 13. The van der Waals surface area contributed by atoms with Crippen LogP contribution in [0.25, 0.3) is 0 Å². The Hall–Kier alpha value is -2.89. The van der Waals surface area contributed by atoms with Crippen LogP contribution in [-0.2, 0) is 19.2 Å². The molecule has 2 saturated heterocycles. The lowest BCUT2D eigenvalue weighted by atomic mass is 9.73. The number of hydrogen-bond acceptors (Lipinski definition) is 6. The lowest BCUT2D eigenvalue weighted by Crippen LogP contribution is -2.66. The highest BCUT2D eigenvalue weighted by Crippen LogP contribution is 2.40. The van der Waals surface area contributed by atoms with E-state index in [9.17, 15) is 24.3 Å². The van der Waals surface area contributed by atoms with E-state index >= 15 is 0 Å². The van der Waals surface area contributed by atoms with Crippen LogP contribution in [0.15, 0.2) is 4.99 Å². The zero-order valence-corrected chi connectivity index (χ0v) is 19.9. The predicted molar refractivity (Wildman–Crippen MR) is 126 cm³/mol. The first kappa shape index (κ1) is 27.4. The van der Waals surface area contributed by atoms with Gasteiger partial charge < -0.3 is 37.8 Å². The second-order valence-corrected chi connectivity index (χ2v) is 9.14. The Morgan fingerprint density at radius 3 is 2.21 bits per heavy atom. The number of nitrogens with two attached hydrogens (primary N) is 3. The van der Waals surface area contributed by atoms with Crippen molar-refractivity contribution in [3.63, 3.8) is 0 Å². The summed E-state index contributed by atoms with van der Waals surface area (Å²) in [5, 5.41) is 15.0. The van der Waals surface area contributed by atoms with Gasteiger partial charge in [0.2, 0.25) is 17.7 Å². The highest BCUT2D eigenvalue weighted by Gasteiger charge is 2.49. The monoisotopic (exact) mass is 481 g/mol. The van der Waals surface area contributed by atoms with Crippen LogP contribution in [0.5, 0.6) is 0 Å². The summed E-state index contributed by atoms with van der Waals surface area (Å²) in [4.78, 5) is 55.9. The number of fused-ring (bicyclic) bond motifs is 3. The Morgan fingerprint density at radius 2 is 1.65 bits per heavy atom. The number of carboxylic acid groups (broad SMARTS) is 1. The second kappa shape index (κ2) is 13.1. The van der Waals surface area contributed by atoms with Crippen LogP contribution in [0, 0.1) is 5.92 Å². The average Bonchev–Trinajstić information content (AvgIpc) is 2.79. The first-order chi connectivity index (χ1) is 16.1. The minimum Gasteiger partial charge on any atom is -0.480 e. The Labute approximate surface area is 200 Å². The molecule has 1 aliphatic carbocycles. The number of nitrogens with zero attached hydrogens (tertiary/aromatic N) is 2. The van der Waals surface area contributed by atoms with Crippen molar-refractivity contribution in [1.29, 1.82) is 0 Å². The molecule has 0 aromatic heterocycles. The third-order valence-electron chi connectivity index (χ3n) is 6.59. The third kappa shape index (κ3) is 7.57. The van der Waals surface area contributed by atoms with Gasteiger partial charge in [-0.05, 0) is 70.3 Å². The van der Waals surface area contributed by atoms with Crippen molar-refractivity contribution in [2.45, 2.75) is 88.9 Å². The quantitative estimate of drug-likeness (QED) is 0.109. The van der Waals surface area contributed by atoms with Crippen LogP contribution in [0.1, 0.15) is 64.7 Å². The van der Waals surface area contributed by atoms with Crippen LogP contribution in [0.2, 0.25) is 0 Å². The first-order valence-corrected chi connectivity index (χ1v) is 12.0. The van der Waals surface area contributed by atoms with Gasteiger partial charge in [-0.2, -0.15) is 0 Å². The molecule has 0 radical (unpaired) electrons. The van der Waals surface area contributed by atoms with E-state index < -0.39 is 30.0 Å². The molecule has 0 aromatic carbocycles. The van der Waals surface area contributed by atoms with Gasteiger partial charge in [-0.25, -0.2) is 4.79 Å². The topological polar surface area (TPSA) is 206 Å². The number of unbranched alkanes of at least 4 members (excludes halogenated alkanes) is 1. The van der Waals surface area contributed by atoms with Gasteiger partial charge in [0.05, 0.1) is 0 Å². The minimum absolute atomic E-state index is 0.0490. The zero-order valence-electron chi connectivity index (χ0n) is 19.9. The number of piperidine rings is 2. The SMILES string of the molecule is CC(=O)N[C@@H](CCCCN)C(=O)N1C2CCC(CC2)[C@H]1C(=O)N[C@@H](CCCN=C(N)N)C(=O)O. The highest BCUT2D eigenvalue weighted by molar-refractivity contribution is 5.94. The molecule has 12 nitrogen and oxygen atoms in total. The number of guanidine groups is 1. The molecule has 3 fully saturated rings. The number of amides is 3. The van der Waals surface area contributed by atoms with Crippen molar-refractivity contribution in [2.24, 2.45) is 28.1 Å². The zero-order chi connectivity index (χ0) is 25.3. The first-order valence-electron chi connectivity index (χ1n) is 12.0. The number of aliphatic carboxylic acids is 1. The van der Waals surface area contributed by atoms with E-state index in [0.29, 0.717) is 25.8 Å². The van der Waals surface area contributed by atoms with Crippen LogP contribution in [0.3, 0.4) is 0 Å². The maximum atomic E-state index is 13.6. The largest absolute Gasteiger partial charge is 0.480 e. The molecule has 2 bridgehead atoms. The number of aliphatic imine (C=N–C) groups is 1. The maximum absolute atomic E-state index is 13.6. The van der Waals surface area contributed by atoms with Crippen LogP contribution < -0.4 is 27.8 Å². The van der Waals surface area contributed by atoms with Gasteiger partial charge in [-0.3, -0.25) is 19.4 Å². The van der Waals surface area contributed by atoms with Crippen molar-refractivity contribution in [3.05, 3.63) is 0 Å². The van der Waals surface area contributed by atoms with Gasteiger partial charge in [-0.1, -0.05) is 0 Å². The fraction of sp³-hybridized carbons (Fsp3) is 0.773. The summed E-state index contributed by atoms with van der Waals surface area (Å²) in [7, 11) is 0. The predicted octanol–water partition coefficient (Wildman–Crippen LogP) is -0.987. The number of nitrogens with one attached hydrogen (secondary N) is 2. The molecule has 0 unspecified atom stereocenters. The number of carbonyl (C=O) groups excluding carboxylic acids is 3. The molecule has 3 aliphatic rings. The smallest absolute Gasteiger partial charge is 0.326 e. The van der Waals surface area contributed by atoms with Crippen LogP contribution in [-0.4, -0.2) is 76.9 Å². The van der Waals surface area contributed by atoms with Gasteiger partial charge in [-0.15, -0.1) is 0 Å². The van der Waals surface area contributed by atoms with Gasteiger partial charge in [0, 0.05) is 19.5 Å². The molecular weight excluding hydrogens is 442 g/mol. The molecule has 3 atom stereocenters. The molecule has 2 heterocycles. The van der Waals surface area contributed by atoms with Crippen molar-refractivity contribution >= 4 is 29.7 Å². The van der Waals surface area contributed by atoms with E-state index in [4.69, 9.17) is 17.2 Å². The van der Waals surface area contributed by atoms with Crippen molar-refractivity contribution in [3.8, 4) is 0 Å². The molecule has 34 heavy (non-hydrogen) atoms. The Kier molecular flexibility index (Phi) is 10.6. The van der Waals surface area contributed by atoms with Gasteiger partial charge >= 0.3 is 5.97 Å². The second-order valence-electron chi connectivity index (χ2n) is 9.14. The van der Waals surface area contributed by atoms with Gasteiger partial charge in [0.25, 0.3) is 0 Å².